The Labute approximate surface area is 96.0 Å². The highest BCUT2D eigenvalue weighted by atomic mass is 16.3. The lowest BCUT2D eigenvalue weighted by Gasteiger charge is -2.10. The molecule has 1 unspecified atom stereocenters. The van der Waals surface area contributed by atoms with E-state index in [4.69, 9.17) is 4.42 Å². The SMILES string of the molecule is C=CCNC(C)c1oc2ccccc2c1C. The molecule has 0 radical (unpaired) electrons. The standard InChI is InChI=1S/C14H17NO/c1-4-9-15-11(3)14-10(2)12-7-5-6-8-13(12)16-14/h4-8,11,15H,1,9H2,2-3H3. The Morgan fingerprint density at radius 3 is 2.88 bits per heavy atom. The van der Waals surface area contributed by atoms with Gasteiger partial charge < -0.3 is 9.73 Å². The number of furan rings is 1. The Morgan fingerprint density at radius 1 is 1.44 bits per heavy atom. The molecule has 1 atom stereocenters. The zero-order valence-electron chi connectivity index (χ0n) is 9.79. The Morgan fingerprint density at radius 2 is 2.19 bits per heavy atom. The highest BCUT2D eigenvalue weighted by Crippen LogP contribution is 2.28. The molecule has 0 spiro atoms. The summed E-state index contributed by atoms with van der Waals surface area (Å²) in [5.74, 6) is 1.02. The molecule has 2 nitrogen and oxygen atoms in total. The smallest absolute Gasteiger partial charge is 0.134 e. The molecule has 0 bridgehead atoms. The first-order chi connectivity index (χ1) is 7.74. The van der Waals surface area contributed by atoms with Gasteiger partial charge in [0.1, 0.15) is 11.3 Å². The first kappa shape index (κ1) is 11.0. The van der Waals surface area contributed by atoms with E-state index >= 15 is 0 Å². The predicted molar refractivity (Wildman–Crippen MR) is 67.6 cm³/mol. The third kappa shape index (κ3) is 1.89. The van der Waals surface area contributed by atoms with Gasteiger partial charge in [-0.3, -0.25) is 0 Å². The summed E-state index contributed by atoms with van der Waals surface area (Å²) in [6, 6.07) is 8.35. The lowest BCUT2D eigenvalue weighted by Crippen LogP contribution is -2.18. The highest BCUT2D eigenvalue weighted by Gasteiger charge is 2.14. The molecule has 1 aromatic carbocycles. The third-order valence-electron chi connectivity index (χ3n) is 2.84. The van der Waals surface area contributed by atoms with Gasteiger partial charge in [0.25, 0.3) is 0 Å². The van der Waals surface area contributed by atoms with E-state index < -0.39 is 0 Å². The third-order valence-corrected chi connectivity index (χ3v) is 2.84. The van der Waals surface area contributed by atoms with Crippen LogP contribution in [0, 0.1) is 6.92 Å². The predicted octanol–water partition coefficient (Wildman–Crippen LogP) is 3.58. The highest BCUT2D eigenvalue weighted by molar-refractivity contribution is 5.82. The molecule has 84 valence electrons. The van der Waals surface area contributed by atoms with Crippen molar-refractivity contribution in [2.75, 3.05) is 6.54 Å². The molecule has 0 saturated carbocycles. The van der Waals surface area contributed by atoms with Gasteiger partial charge >= 0.3 is 0 Å². The largest absolute Gasteiger partial charge is 0.459 e. The number of hydrogen-bond donors (Lipinski definition) is 1. The second-order valence-electron chi connectivity index (χ2n) is 4.01. The molecular weight excluding hydrogens is 198 g/mol. The van der Waals surface area contributed by atoms with E-state index in [1.807, 2.05) is 24.3 Å². The van der Waals surface area contributed by atoms with Crippen molar-refractivity contribution in [3.05, 3.63) is 48.2 Å². The van der Waals surface area contributed by atoms with Crippen LogP contribution in [-0.4, -0.2) is 6.54 Å². The van der Waals surface area contributed by atoms with Crippen LogP contribution < -0.4 is 5.32 Å². The number of fused-ring (bicyclic) bond motifs is 1. The lowest BCUT2D eigenvalue weighted by molar-refractivity contribution is 0.462. The van der Waals surface area contributed by atoms with Crippen molar-refractivity contribution in [1.82, 2.24) is 5.32 Å². The summed E-state index contributed by atoms with van der Waals surface area (Å²) < 4.78 is 5.86. The van der Waals surface area contributed by atoms with Crippen LogP contribution >= 0.6 is 0 Å². The minimum absolute atomic E-state index is 0.213. The van der Waals surface area contributed by atoms with E-state index in [0.29, 0.717) is 0 Å². The fraction of sp³-hybridized carbons (Fsp3) is 0.286. The van der Waals surface area contributed by atoms with E-state index in [-0.39, 0.29) is 6.04 Å². The molecule has 1 aromatic heterocycles. The molecule has 2 heteroatoms. The molecule has 16 heavy (non-hydrogen) atoms. The Balaban J connectivity index is 2.37. The molecule has 0 saturated heterocycles. The molecule has 0 amide bonds. The summed E-state index contributed by atoms with van der Waals surface area (Å²) in [4.78, 5) is 0. The maximum Gasteiger partial charge on any atom is 0.134 e. The average molecular weight is 215 g/mol. The first-order valence-electron chi connectivity index (χ1n) is 5.56. The van der Waals surface area contributed by atoms with Crippen molar-refractivity contribution in [3.8, 4) is 0 Å². The number of nitrogens with one attached hydrogen (secondary N) is 1. The first-order valence-corrected chi connectivity index (χ1v) is 5.56. The van der Waals surface area contributed by atoms with Crippen molar-refractivity contribution in [2.45, 2.75) is 19.9 Å². The zero-order chi connectivity index (χ0) is 11.5. The van der Waals surface area contributed by atoms with Crippen LogP contribution in [0.25, 0.3) is 11.0 Å². The van der Waals surface area contributed by atoms with Crippen molar-refractivity contribution >= 4 is 11.0 Å². The van der Waals surface area contributed by atoms with Crippen LogP contribution in [0.2, 0.25) is 0 Å². The van der Waals surface area contributed by atoms with E-state index in [1.165, 1.54) is 10.9 Å². The molecule has 1 N–H and O–H groups in total. The molecule has 2 rings (SSSR count). The summed E-state index contributed by atoms with van der Waals surface area (Å²) in [5.41, 5.74) is 2.18. The fourth-order valence-corrected chi connectivity index (χ4v) is 1.96. The fourth-order valence-electron chi connectivity index (χ4n) is 1.96. The van der Waals surface area contributed by atoms with Gasteiger partial charge in [-0.05, 0) is 25.5 Å². The maximum absolute atomic E-state index is 5.86. The summed E-state index contributed by atoms with van der Waals surface area (Å²) >= 11 is 0. The van der Waals surface area contributed by atoms with Gasteiger partial charge in [0.2, 0.25) is 0 Å². The summed E-state index contributed by atoms with van der Waals surface area (Å²) in [6.07, 6.45) is 1.86. The second-order valence-corrected chi connectivity index (χ2v) is 4.01. The van der Waals surface area contributed by atoms with Gasteiger partial charge in [-0.15, -0.1) is 6.58 Å². The number of para-hydroxylation sites is 1. The van der Waals surface area contributed by atoms with Gasteiger partial charge in [0, 0.05) is 11.9 Å². The van der Waals surface area contributed by atoms with Crippen LogP contribution in [0.1, 0.15) is 24.3 Å². The maximum atomic E-state index is 5.86. The van der Waals surface area contributed by atoms with Gasteiger partial charge in [-0.25, -0.2) is 0 Å². The van der Waals surface area contributed by atoms with Crippen LogP contribution in [-0.2, 0) is 0 Å². The van der Waals surface area contributed by atoms with Crippen LogP contribution in [0.15, 0.2) is 41.3 Å². The number of benzene rings is 1. The summed E-state index contributed by atoms with van der Waals surface area (Å²) in [6.45, 7) is 8.70. The van der Waals surface area contributed by atoms with E-state index in [0.717, 1.165) is 17.9 Å². The quantitative estimate of drug-likeness (QED) is 0.789. The lowest BCUT2D eigenvalue weighted by atomic mass is 10.1. The van der Waals surface area contributed by atoms with Gasteiger partial charge in [-0.1, -0.05) is 24.3 Å². The normalized spacial score (nSPS) is 12.9. The molecule has 2 aromatic rings. The Bertz CT molecular complexity index is 498. The minimum atomic E-state index is 0.213. The van der Waals surface area contributed by atoms with Gasteiger partial charge in [0.05, 0.1) is 6.04 Å². The molecule has 1 heterocycles. The zero-order valence-corrected chi connectivity index (χ0v) is 9.79. The van der Waals surface area contributed by atoms with E-state index in [2.05, 4.69) is 31.8 Å². The van der Waals surface area contributed by atoms with Gasteiger partial charge in [0.15, 0.2) is 0 Å². The Kier molecular flexibility index (Phi) is 3.11. The van der Waals surface area contributed by atoms with Crippen molar-refractivity contribution < 1.29 is 4.42 Å². The van der Waals surface area contributed by atoms with Crippen molar-refractivity contribution in [1.29, 1.82) is 0 Å². The molecule has 0 aliphatic heterocycles. The van der Waals surface area contributed by atoms with Crippen molar-refractivity contribution in [3.63, 3.8) is 0 Å². The summed E-state index contributed by atoms with van der Waals surface area (Å²) in [7, 11) is 0. The topological polar surface area (TPSA) is 25.2 Å². The van der Waals surface area contributed by atoms with Crippen molar-refractivity contribution in [2.24, 2.45) is 0 Å². The molecule has 0 fully saturated rings. The van der Waals surface area contributed by atoms with Crippen LogP contribution in [0.5, 0.6) is 0 Å². The number of aryl methyl sites for hydroxylation is 1. The van der Waals surface area contributed by atoms with E-state index in [9.17, 15) is 0 Å². The average Bonchev–Trinajstić information content (AvgIpc) is 2.64. The summed E-state index contributed by atoms with van der Waals surface area (Å²) in [5, 5.41) is 4.54. The minimum Gasteiger partial charge on any atom is -0.459 e. The second kappa shape index (κ2) is 4.54. The molecule has 0 aliphatic carbocycles. The van der Waals surface area contributed by atoms with E-state index in [1.54, 1.807) is 0 Å². The number of hydrogen-bond acceptors (Lipinski definition) is 2. The van der Waals surface area contributed by atoms with Crippen LogP contribution in [0.4, 0.5) is 0 Å². The van der Waals surface area contributed by atoms with Crippen LogP contribution in [0.3, 0.4) is 0 Å². The Hall–Kier alpha value is -1.54. The number of rotatable bonds is 4. The molecular formula is C14H17NO. The monoisotopic (exact) mass is 215 g/mol. The molecule has 0 aliphatic rings. The van der Waals surface area contributed by atoms with Gasteiger partial charge in [-0.2, -0.15) is 0 Å².